The van der Waals surface area contributed by atoms with Crippen molar-refractivity contribution in [2.75, 3.05) is 53.5 Å². The van der Waals surface area contributed by atoms with Crippen molar-refractivity contribution in [3.8, 4) is 0 Å². The molecule has 0 unspecified atom stereocenters. The zero-order chi connectivity index (χ0) is 18.8. The van der Waals surface area contributed by atoms with Gasteiger partial charge in [-0.15, -0.1) is 24.0 Å². The standard InChI is InChI=1S/C20H33FN4O.HI/c1-4-22-20(24(2)16-18-5-7-19(21)8-6-18)23-15-17-9-11-25(12-10-17)13-14-26-3;/h5-8,17H,4,9-16H2,1-3H3,(H,22,23);1H. The summed E-state index contributed by atoms with van der Waals surface area (Å²) in [4.78, 5) is 9.42. The number of halogens is 2. The van der Waals surface area contributed by atoms with Crippen molar-refractivity contribution in [3.63, 3.8) is 0 Å². The first kappa shape index (κ1) is 24.1. The third-order valence-electron chi connectivity index (χ3n) is 4.85. The fraction of sp³-hybridized carbons (Fsp3) is 0.650. The molecule has 2 rings (SSSR count). The highest BCUT2D eigenvalue weighted by molar-refractivity contribution is 14.0. The maximum absolute atomic E-state index is 13.1. The van der Waals surface area contributed by atoms with Crippen LogP contribution in [0.4, 0.5) is 4.39 Å². The lowest BCUT2D eigenvalue weighted by Gasteiger charge is -2.31. The number of hydrogen-bond acceptors (Lipinski definition) is 3. The lowest BCUT2D eigenvalue weighted by molar-refractivity contribution is 0.121. The first-order valence-corrected chi connectivity index (χ1v) is 9.57. The van der Waals surface area contributed by atoms with Crippen molar-refractivity contribution in [1.29, 1.82) is 0 Å². The monoisotopic (exact) mass is 492 g/mol. The van der Waals surface area contributed by atoms with E-state index in [1.165, 1.54) is 25.0 Å². The summed E-state index contributed by atoms with van der Waals surface area (Å²) in [6, 6.07) is 6.66. The summed E-state index contributed by atoms with van der Waals surface area (Å²) < 4.78 is 18.2. The number of benzene rings is 1. The highest BCUT2D eigenvalue weighted by Gasteiger charge is 2.19. The Bertz CT molecular complexity index is 547. The summed E-state index contributed by atoms with van der Waals surface area (Å²) in [7, 11) is 3.78. The van der Waals surface area contributed by atoms with E-state index >= 15 is 0 Å². The molecule has 0 atom stereocenters. The molecule has 1 aromatic rings. The number of hydrogen-bond donors (Lipinski definition) is 1. The number of rotatable bonds is 8. The van der Waals surface area contributed by atoms with Gasteiger partial charge < -0.3 is 19.9 Å². The lowest BCUT2D eigenvalue weighted by Crippen LogP contribution is -2.40. The van der Waals surface area contributed by atoms with Gasteiger partial charge in [0.2, 0.25) is 0 Å². The number of aliphatic imine (C=N–C) groups is 1. The number of ether oxygens (including phenoxy) is 1. The maximum Gasteiger partial charge on any atom is 0.193 e. The van der Waals surface area contributed by atoms with Crippen LogP contribution in [0, 0.1) is 11.7 Å². The molecule has 1 heterocycles. The minimum atomic E-state index is -0.200. The minimum Gasteiger partial charge on any atom is -0.383 e. The molecule has 1 saturated heterocycles. The molecule has 1 aromatic carbocycles. The number of piperidine rings is 1. The van der Waals surface area contributed by atoms with Gasteiger partial charge >= 0.3 is 0 Å². The van der Waals surface area contributed by atoms with Crippen LogP contribution in [-0.4, -0.2) is 69.2 Å². The maximum atomic E-state index is 13.1. The zero-order valence-electron chi connectivity index (χ0n) is 16.8. The first-order valence-electron chi connectivity index (χ1n) is 9.57. The van der Waals surface area contributed by atoms with Crippen molar-refractivity contribution in [1.82, 2.24) is 15.1 Å². The molecule has 0 saturated carbocycles. The normalized spacial score (nSPS) is 16.1. The predicted molar refractivity (Wildman–Crippen MR) is 120 cm³/mol. The Hall–Kier alpha value is -0.930. The Labute approximate surface area is 180 Å². The van der Waals surface area contributed by atoms with Crippen LogP contribution in [-0.2, 0) is 11.3 Å². The van der Waals surface area contributed by atoms with Crippen molar-refractivity contribution in [2.45, 2.75) is 26.3 Å². The van der Waals surface area contributed by atoms with Gasteiger partial charge in [0.15, 0.2) is 5.96 Å². The number of methoxy groups -OCH3 is 1. The predicted octanol–water partition coefficient (Wildman–Crippen LogP) is 3.20. The summed E-state index contributed by atoms with van der Waals surface area (Å²) in [6.07, 6.45) is 2.38. The van der Waals surface area contributed by atoms with Crippen LogP contribution in [0.25, 0.3) is 0 Å². The molecule has 7 heteroatoms. The van der Waals surface area contributed by atoms with Crippen molar-refractivity contribution in [2.24, 2.45) is 10.9 Å². The molecular formula is C20H34FIN4O. The van der Waals surface area contributed by atoms with E-state index in [0.29, 0.717) is 12.5 Å². The lowest BCUT2D eigenvalue weighted by atomic mass is 9.97. The molecule has 0 spiro atoms. The molecule has 0 aliphatic carbocycles. The second kappa shape index (κ2) is 13.3. The first-order chi connectivity index (χ1) is 12.6. The van der Waals surface area contributed by atoms with Gasteiger partial charge in [-0.1, -0.05) is 12.1 Å². The molecule has 154 valence electrons. The van der Waals surface area contributed by atoms with E-state index in [2.05, 4.69) is 22.0 Å². The topological polar surface area (TPSA) is 40.1 Å². The van der Waals surface area contributed by atoms with Crippen molar-refractivity contribution < 1.29 is 9.13 Å². The number of nitrogens with zero attached hydrogens (tertiary/aromatic N) is 3. The highest BCUT2D eigenvalue weighted by atomic mass is 127. The molecule has 1 aliphatic heterocycles. The Balaban J connectivity index is 0.00000364. The quantitative estimate of drug-likeness (QED) is 0.344. The van der Waals surface area contributed by atoms with Crippen molar-refractivity contribution >= 4 is 29.9 Å². The van der Waals surface area contributed by atoms with Gasteiger partial charge in [0.1, 0.15) is 5.82 Å². The summed E-state index contributed by atoms with van der Waals surface area (Å²) >= 11 is 0. The number of likely N-dealkylation sites (tertiary alicyclic amines) is 1. The van der Waals surface area contributed by atoms with Crippen LogP contribution >= 0.6 is 24.0 Å². The Morgan fingerprint density at radius 1 is 1.30 bits per heavy atom. The summed E-state index contributed by atoms with van der Waals surface area (Å²) in [6.45, 7) is 8.57. The summed E-state index contributed by atoms with van der Waals surface area (Å²) in [5.74, 6) is 1.36. The second-order valence-electron chi connectivity index (χ2n) is 6.95. The van der Waals surface area contributed by atoms with E-state index in [4.69, 9.17) is 9.73 Å². The van der Waals surface area contributed by atoms with E-state index in [-0.39, 0.29) is 29.8 Å². The molecule has 1 aliphatic rings. The van der Waals surface area contributed by atoms with Crippen molar-refractivity contribution in [3.05, 3.63) is 35.6 Å². The molecule has 0 radical (unpaired) electrons. The molecule has 1 fully saturated rings. The molecule has 0 aromatic heterocycles. The Morgan fingerprint density at radius 2 is 1.96 bits per heavy atom. The molecular weight excluding hydrogens is 458 g/mol. The average Bonchev–Trinajstić information content (AvgIpc) is 2.66. The Kier molecular flexibility index (Phi) is 11.9. The van der Waals surface area contributed by atoms with E-state index in [1.54, 1.807) is 7.11 Å². The van der Waals surface area contributed by atoms with Crippen LogP contribution < -0.4 is 5.32 Å². The second-order valence-corrected chi connectivity index (χ2v) is 6.95. The molecule has 1 N–H and O–H groups in total. The zero-order valence-corrected chi connectivity index (χ0v) is 19.1. The molecule has 0 bridgehead atoms. The van der Waals surface area contributed by atoms with E-state index in [1.807, 2.05) is 19.2 Å². The average molecular weight is 492 g/mol. The van der Waals surface area contributed by atoms with Crippen LogP contribution in [0.5, 0.6) is 0 Å². The van der Waals surface area contributed by atoms with E-state index in [9.17, 15) is 4.39 Å². The van der Waals surface area contributed by atoms with Gasteiger partial charge in [0, 0.05) is 40.3 Å². The molecule has 5 nitrogen and oxygen atoms in total. The van der Waals surface area contributed by atoms with Gasteiger partial charge in [0.05, 0.1) is 6.61 Å². The van der Waals surface area contributed by atoms with Gasteiger partial charge in [-0.3, -0.25) is 4.99 Å². The minimum absolute atomic E-state index is 0. The van der Waals surface area contributed by atoms with Crippen LogP contribution in [0.3, 0.4) is 0 Å². The van der Waals surface area contributed by atoms with Crippen LogP contribution in [0.2, 0.25) is 0 Å². The fourth-order valence-corrected chi connectivity index (χ4v) is 3.24. The summed E-state index contributed by atoms with van der Waals surface area (Å²) in [5.41, 5.74) is 1.07. The highest BCUT2D eigenvalue weighted by Crippen LogP contribution is 2.17. The van der Waals surface area contributed by atoms with Gasteiger partial charge in [0.25, 0.3) is 0 Å². The van der Waals surface area contributed by atoms with Crippen LogP contribution in [0.15, 0.2) is 29.3 Å². The fourth-order valence-electron chi connectivity index (χ4n) is 3.24. The van der Waals surface area contributed by atoms with E-state index < -0.39 is 0 Å². The molecule has 0 amide bonds. The number of nitrogens with one attached hydrogen (secondary N) is 1. The SMILES string of the molecule is CCNC(=NCC1CCN(CCOC)CC1)N(C)Cc1ccc(F)cc1.I. The third kappa shape index (κ3) is 8.74. The van der Waals surface area contributed by atoms with Gasteiger partial charge in [-0.05, 0) is 56.5 Å². The Morgan fingerprint density at radius 3 is 2.56 bits per heavy atom. The third-order valence-corrected chi connectivity index (χ3v) is 4.85. The summed E-state index contributed by atoms with van der Waals surface area (Å²) in [5, 5.41) is 3.37. The van der Waals surface area contributed by atoms with Gasteiger partial charge in [-0.25, -0.2) is 4.39 Å². The van der Waals surface area contributed by atoms with Crippen LogP contribution in [0.1, 0.15) is 25.3 Å². The van der Waals surface area contributed by atoms with E-state index in [0.717, 1.165) is 50.9 Å². The smallest absolute Gasteiger partial charge is 0.193 e. The largest absolute Gasteiger partial charge is 0.383 e. The van der Waals surface area contributed by atoms with Gasteiger partial charge in [-0.2, -0.15) is 0 Å². The molecule has 27 heavy (non-hydrogen) atoms. The number of guanidine groups is 1.